The molecule has 4 nitrogen and oxygen atoms in total. The molecule has 0 amide bonds. The number of nitrogens with zero attached hydrogens (tertiary/aromatic N) is 3. The van der Waals surface area contributed by atoms with E-state index in [2.05, 4.69) is 94.5 Å². The van der Waals surface area contributed by atoms with E-state index in [0.29, 0.717) is 17.7 Å². The zero-order valence-electron chi connectivity index (χ0n) is 23.9. The SMILES string of the molecule is c1cc(Oc2cc(C3CCCCC3)ccn2)cc(-c2ccc3c4ccccc4n(-c4cc(C5CCC5)ccn4)c3c2)c1. The van der Waals surface area contributed by atoms with Crippen LogP contribution in [0.2, 0.25) is 0 Å². The van der Waals surface area contributed by atoms with E-state index in [1.54, 1.807) is 0 Å². The van der Waals surface area contributed by atoms with Crippen LogP contribution in [0.1, 0.15) is 74.3 Å². The summed E-state index contributed by atoms with van der Waals surface area (Å²) in [7, 11) is 0. The molecule has 0 radical (unpaired) electrons. The molecule has 3 heterocycles. The second-order valence-corrected chi connectivity index (χ2v) is 12.1. The van der Waals surface area contributed by atoms with Gasteiger partial charge in [0, 0.05) is 29.2 Å². The Balaban J connectivity index is 1.16. The molecule has 6 aromatic rings. The fraction of sp³-hybridized carbons (Fsp3) is 0.263. The largest absolute Gasteiger partial charge is 0.439 e. The molecule has 2 aliphatic rings. The molecule has 2 fully saturated rings. The number of ether oxygens (including phenoxy) is 1. The predicted molar refractivity (Wildman–Crippen MR) is 171 cm³/mol. The number of para-hydroxylation sites is 1. The molecule has 2 aliphatic carbocycles. The Bertz CT molecular complexity index is 1890. The molecule has 0 spiro atoms. The van der Waals surface area contributed by atoms with Gasteiger partial charge in [-0.1, -0.05) is 68.1 Å². The Hall–Kier alpha value is -4.44. The molecule has 4 heteroatoms. The molecule has 0 bridgehead atoms. The average Bonchev–Trinajstić information content (AvgIpc) is 3.35. The van der Waals surface area contributed by atoms with Gasteiger partial charge in [-0.25, -0.2) is 9.97 Å². The van der Waals surface area contributed by atoms with Gasteiger partial charge in [-0.2, -0.15) is 0 Å². The Morgan fingerprint density at radius 3 is 2.14 bits per heavy atom. The number of rotatable bonds is 6. The van der Waals surface area contributed by atoms with Crippen molar-refractivity contribution in [3.8, 4) is 28.6 Å². The van der Waals surface area contributed by atoms with Crippen molar-refractivity contribution in [1.82, 2.24) is 14.5 Å². The van der Waals surface area contributed by atoms with Crippen LogP contribution in [0.4, 0.5) is 0 Å². The lowest BCUT2D eigenvalue weighted by molar-refractivity contribution is 0.419. The molecule has 0 aliphatic heterocycles. The molecular weight excluding hydrogens is 514 g/mol. The van der Waals surface area contributed by atoms with Gasteiger partial charge in [0.2, 0.25) is 5.88 Å². The lowest BCUT2D eigenvalue weighted by Crippen LogP contribution is -2.09. The summed E-state index contributed by atoms with van der Waals surface area (Å²) in [5.41, 5.74) is 7.37. The lowest BCUT2D eigenvalue weighted by Gasteiger charge is -2.26. The van der Waals surface area contributed by atoms with E-state index in [4.69, 9.17) is 9.72 Å². The van der Waals surface area contributed by atoms with Gasteiger partial charge in [-0.05, 0) is 102 Å². The van der Waals surface area contributed by atoms with E-state index in [9.17, 15) is 0 Å². The zero-order chi connectivity index (χ0) is 27.9. The van der Waals surface area contributed by atoms with Crippen LogP contribution in [0.15, 0.2) is 103 Å². The maximum Gasteiger partial charge on any atom is 0.219 e. The van der Waals surface area contributed by atoms with Gasteiger partial charge in [-0.3, -0.25) is 4.57 Å². The van der Waals surface area contributed by atoms with Crippen molar-refractivity contribution in [2.24, 2.45) is 0 Å². The summed E-state index contributed by atoms with van der Waals surface area (Å²) in [6, 6.07) is 32.6. The quantitative estimate of drug-likeness (QED) is 0.207. The Morgan fingerprint density at radius 2 is 1.31 bits per heavy atom. The molecule has 8 rings (SSSR count). The van der Waals surface area contributed by atoms with Gasteiger partial charge in [0.15, 0.2) is 0 Å². The second kappa shape index (κ2) is 10.8. The average molecular weight is 550 g/mol. The Morgan fingerprint density at radius 1 is 0.571 bits per heavy atom. The van der Waals surface area contributed by atoms with Gasteiger partial charge in [0.1, 0.15) is 11.6 Å². The maximum atomic E-state index is 6.33. The Labute approximate surface area is 247 Å². The first-order valence-corrected chi connectivity index (χ1v) is 15.5. The van der Waals surface area contributed by atoms with Crippen molar-refractivity contribution in [3.05, 3.63) is 115 Å². The highest BCUT2D eigenvalue weighted by Gasteiger charge is 2.21. The zero-order valence-corrected chi connectivity index (χ0v) is 23.9. The molecule has 0 atom stereocenters. The van der Waals surface area contributed by atoms with Gasteiger partial charge in [0.05, 0.1) is 11.0 Å². The molecule has 0 N–H and O–H groups in total. The van der Waals surface area contributed by atoms with E-state index < -0.39 is 0 Å². The summed E-state index contributed by atoms with van der Waals surface area (Å²) < 4.78 is 8.66. The number of hydrogen-bond acceptors (Lipinski definition) is 3. The van der Waals surface area contributed by atoms with Crippen LogP contribution < -0.4 is 4.74 Å². The first kappa shape index (κ1) is 25.3. The van der Waals surface area contributed by atoms with Gasteiger partial charge in [-0.15, -0.1) is 0 Å². The summed E-state index contributed by atoms with van der Waals surface area (Å²) in [5, 5.41) is 2.48. The third-order valence-electron chi connectivity index (χ3n) is 9.47. The van der Waals surface area contributed by atoms with E-state index in [-0.39, 0.29) is 0 Å². The molecule has 208 valence electrons. The van der Waals surface area contributed by atoms with Crippen molar-refractivity contribution in [2.75, 3.05) is 0 Å². The molecule has 42 heavy (non-hydrogen) atoms. The fourth-order valence-corrected chi connectivity index (χ4v) is 6.98. The predicted octanol–water partition coefficient (Wildman–Crippen LogP) is 10.3. The molecule has 0 saturated heterocycles. The normalized spacial score (nSPS) is 16.1. The van der Waals surface area contributed by atoms with Crippen LogP contribution in [-0.4, -0.2) is 14.5 Å². The van der Waals surface area contributed by atoms with Crippen molar-refractivity contribution >= 4 is 21.8 Å². The van der Waals surface area contributed by atoms with Crippen LogP contribution in [0.5, 0.6) is 11.6 Å². The van der Waals surface area contributed by atoms with Crippen LogP contribution in [0.25, 0.3) is 38.8 Å². The Kier molecular flexibility index (Phi) is 6.48. The first-order chi connectivity index (χ1) is 20.8. The highest BCUT2D eigenvalue weighted by atomic mass is 16.5. The standard InChI is InChI=1S/C38H35N3O/c1-2-8-26(9-3-1)31-19-21-40-38(25-31)42-32-13-7-12-28(22-32)29-16-17-34-33-14-4-5-15-35(33)41(36(34)23-29)37-24-30(18-20-39-37)27-10-6-11-27/h4-5,7,12-27H,1-3,6,8-11H2. The van der Waals surface area contributed by atoms with Crippen molar-refractivity contribution in [3.63, 3.8) is 0 Å². The monoisotopic (exact) mass is 549 g/mol. The molecule has 3 aromatic carbocycles. The van der Waals surface area contributed by atoms with Gasteiger partial charge in [0.25, 0.3) is 0 Å². The molecule has 3 aromatic heterocycles. The highest BCUT2D eigenvalue weighted by molar-refractivity contribution is 6.10. The van der Waals surface area contributed by atoms with Crippen molar-refractivity contribution in [2.45, 2.75) is 63.2 Å². The van der Waals surface area contributed by atoms with Crippen molar-refractivity contribution in [1.29, 1.82) is 0 Å². The van der Waals surface area contributed by atoms with Crippen LogP contribution in [0.3, 0.4) is 0 Å². The summed E-state index contributed by atoms with van der Waals surface area (Å²) in [6.07, 6.45) is 14.3. The first-order valence-electron chi connectivity index (χ1n) is 15.5. The number of aromatic nitrogens is 3. The summed E-state index contributed by atoms with van der Waals surface area (Å²) in [4.78, 5) is 9.40. The summed E-state index contributed by atoms with van der Waals surface area (Å²) >= 11 is 0. The third kappa shape index (κ3) is 4.65. The maximum absolute atomic E-state index is 6.33. The van der Waals surface area contributed by atoms with Crippen LogP contribution in [-0.2, 0) is 0 Å². The van der Waals surface area contributed by atoms with E-state index in [0.717, 1.165) is 22.7 Å². The molecule has 0 unspecified atom stereocenters. The number of fused-ring (bicyclic) bond motifs is 3. The van der Waals surface area contributed by atoms with Gasteiger partial charge >= 0.3 is 0 Å². The number of benzene rings is 3. The summed E-state index contributed by atoms with van der Waals surface area (Å²) in [6.45, 7) is 0. The minimum atomic E-state index is 0.623. The lowest BCUT2D eigenvalue weighted by atomic mass is 9.80. The minimum Gasteiger partial charge on any atom is -0.439 e. The summed E-state index contributed by atoms with van der Waals surface area (Å²) in [5.74, 6) is 3.75. The molecular formula is C38H35N3O. The van der Waals surface area contributed by atoms with E-state index in [1.165, 1.54) is 84.3 Å². The van der Waals surface area contributed by atoms with Crippen molar-refractivity contribution < 1.29 is 4.74 Å². The number of pyridine rings is 2. The molecule has 2 saturated carbocycles. The van der Waals surface area contributed by atoms with E-state index >= 15 is 0 Å². The third-order valence-corrected chi connectivity index (χ3v) is 9.47. The topological polar surface area (TPSA) is 39.9 Å². The second-order valence-electron chi connectivity index (χ2n) is 12.1. The van der Waals surface area contributed by atoms with Crippen LogP contribution in [0, 0.1) is 0 Å². The highest BCUT2D eigenvalue weighted by Crippen LogP contribution is 2.39. The fourth-order valence-electron chi connectivity index (χ4n) is 6.98. The van der Waals surface area contributed by atoms with Gasteiger partial charge < -0.3 is 4.74 Å². The van der Waals surface area contributed by atoms with E-state index in [1.807, 2.05) is 18.5 Å². The minimum absolute atomic E-state index is 0.623. The van der Waals surface area contributed by atoms with Crippen LogP contribution >= 0.6 is 0 Å². The smallest absolute Gasteiger partial charge is 0.219 e. The number of hydrogen-bond donors (Lipinski definition) is 0.